The second kappa shape index (κ2) is 12.7. The highest BCUT2D eigenvalue weighted by molar-refractivity contribution is 5.76. The Morgan fingerprint density at radius 1 is 0.900 bits per heavy atom. The Kier molecular flexibility index (Phi) is 10.2. The van der Waals surface area contributed by atoms with Crippen LogP contribution >= 0.6 is 0 Å². The summed E-state index contributed by atoms with van der Waals surface area (Å²) in [5.41, 5.74) is 19.4. The summed E-state index contributed by atoms with van der Waals surface area (Å²) in [7, 11) is 1.43. The van der Waals surface area contributed by atoms with Gasteiger partial charge in [0.25, 0.3) is 0 Å². The maximum absolute atomic E-state index is 12.1. The lowest BCUT2D eigenvalue weighted by Crippen LogP contribution is -2.67. The largest absolute Gasteiger partial charge is 0.394 e. The number of nitrogens with zero attached hydrogens (tertiary/aromatic N) is 2. The number of nitrogens with one attached hydrogen (secondary N) is 1. The normalized spacial score (nSPS) is 47.4. The molecule has 2 saturated heterocycles. The number of nitrogens with two attached hydrogens (primary N) is 4. The predicted molar refractivity (Wildman–Crippen MR) is 133 cm³/mol. The molecule has 1 saturated carbocycles. The van der Waals surface area contributed by atoms with Crippen LogP contribution in [0.2, 0.25) is 0 Å². The van der Waals surface area contributed by atoms with Gasteiger partial charge in [0.1, 0.15) is 60.9 Å². The number of rotatable bonds is 9. The van der Waals surface area contributed by atoms with Gasteiger partial charge in [-0.2, -0.15) is 0 Å². The monoisotopic (exact) mass is 581 g/mol. The fraction of sp³-hybridized carbons (Fsp3) is 0.857. The van der Waals surface area contributed by atoms with Crippen LogP contribution < -0.4 is 28.3 Å². The Balaban J connectivity index is 1.97. The first kappa shape index (κ1) is 32.2. The highest BCUT2D eigenvalue weighted by Gasteiger charge is 2.61. The molecule has 0 aromatic rings. The van der Waals surface area contributed by atoms with Gasteiger partial charge in [-0.15, -0.1) is 0 Å². The topological polar surface area (TPSA) is 336 Å². The van der Waals surface area contributed by atoms with Crippen LogP contribution in [0.5, 0.6) is 0 Å². The lowest BCUT2D eigenvalue weighted by molar-refractivity contribution is -0.325. The zero-order chi connectivity index (χ0) is 30.1. The average Bonchev–Trinajstić information content (AvgIpc) is 3.13. The standard InChI is InChI=1S/C21H39N7O12/c1-5-21(36,4-30)16(18(37-5)40-17-9(26-2)13(34)10(31)6(3-29)38-17)39-15-8(28-20(24)25)11(32)7(27-19(22)23)12(33)14(15)35/h4-18,26,29,31-36H,3H2,1-2H3,(H4,22,23,27)(H4,24,25,28)/t5-,6+,7-,8+,9+,10+,11-,12-,13+,14-,15-,16+,17+,18+,21+/m1/s1. The third-order valence-electron chi connectivity index (χ3n) is 7.34. The van der Waals surface area contributed by atoms with Gasteiger partial charge in [0.15, 0.2) is 36.4 Å². The van der Waals surface area contributed by atoms with Crippen LogP contribution in [0.3, 0.4) is 0 Å². The van der Waals surface area contributed by atoms with E-state index in [0.717, 1.165) is 0 Å². The van der Waals surface area contributed by atoms with Crippen molar-refractivity contribution >= 4 is 18.2 Å². The maximum Gasteiger partial charge on any atom is 0.190 e. The predicted octanol–water partition coefficient (Wildman–Crippen LogP) is -8.16. The maximum atomic E-state index is 12.1. The van der Waals surface area contributed by atoms with Crippen molar-refractivity contribution in [1.82, 2.24) is 5.32 Å². The smallest absolute Gasteiger partial charge is 0.190 e. The molecule has 1 aliphatic carbocycles. The first-order valence-corrected chi connectivity index (χ1v) is 12.4. The Hall–Kier alpha value is -2.27. The van der Waals surface area contributed by atoms with Gasteiger partial charge in [0.2, 0.25) is 0 Å². The molecule has 2 aliphatic heterocycles. The number of guanidine groups is 2. The van der Waals surface area contributed by atoms with E-state index in [4.69, 9.17) is 41.9 Å². The molecule has 19 nitrogen and oxygen atoms in total. The number of carbonyl (C=O) groups excluding carboxylic acids is 1. The van der Waals surface area contributed by atoms with E-state index in [-0.39, 0.29) is 6.29 Å². The molecule has 16 N–H and O–H groups in total. The van der Waals surface area contributed by atoms with Crippen LogP contribution in [0.1, 0.15) is 6.92 Å². The molecule has 2 heterocycles. The minimum absolute atomic E-state index is 0.123. The summed E-state index contributed by atoms with van der Waals surface area (Å²) in [6.45, 7) is 0.639. The summed E-state index contributed by atoms with van der Waals surface area (Å²) < 4.78 is 22.9. The van der Waals surface area contributed by atoms with E-state index in [2.05, 4.69) is 15.3 Å². The zero-order valence-electron chi connectivity index (χ0n) is 21.7. The molecule has 15 atom stereocenters. The van der Waals surface area contributed by atoms with Crippen molar-refractivity contribution in [2.75, 3.05) is 13.7 Å². The third-order valence-corrected chi connectivity index (χ3v) is 7.34. The first-order chi connectivity index (χ1) is 18.7. The van der Waals surface area contributed by atoms with Crippen molar-refractivity contribution in [3.63, 3.8) is 0 Å². The number of aliphatic hydroxyl groups is 7. The van der Waals surface area contributed by atoms with Crippen LogP contribution in [0, 0.1) is 0 Å². The van der Waals surface area contributed by atoms with Crippen LogP contribution in [0.25, 0.3) is 0 Å². The molecule has 3 aliphatic rings. The second-order valence-corrected chi connectivity index (χ2v) is 9.89. The summed E-state index contributed by atoms with van der Waals surface area (Å²) in [5.74, 6) is -1.06. The molecule has 40 heavy (non-hydrogen) atoms. The van der Waals surface area contributed by atoms with Gasteiger partial charge in [-0.05, 0) is 14.0 Å². The van der Waals surface area contributed by atoms with Crippen molar-refractivity contribution in [2.45, 2.75) is 98.2 Å². The number of ether oxygens (including phenoxy) is 4. The molecule has 3 rings (SSSR count). The fourth-order valence-electron chi connectivity index (χ4n) is 5.08. The Labute approximate surface area is 228 Å². The van der Waals surface area contributed by atoms with Crippen molar-refractivity contribution in [3.05, 3.63) is 0 Å². The van der Waals surface area contributed by atoms with E-state index in [9.17, 15) is 40.5 Å². The van der Waals surface area contributed by atoms with Gasteiger partial charge in [0.05, 0.1) is 18.8 Å². The average molecular weight is 582 g/mol. The number of carbonyl (C=O) groups is 1. The number of likely N-dealkylation sites (N-methyl/N-ethyl adjacent to an activating group) is 1. The van der Waals surface area contributed by atoms with Crippen LogP contribution in [0.4, 0.5) is 0 Å². The lowest BCUT2D eigenvalue weighted by atomic mass is 9.81. The number of aliphatic hydroxyl groups excluding tert-OH is 6. The third kappa shape index (κ3) is 6.00. The number of aliphatic imine (C=N–C) groups is 2. The molecular formula is C21H39N7O12. The number of aldehydes is 1. The summed E-state index contributed by atoms with van der Waals surface area (Å²) in [5, 5.41) is 76.7. The van der Waals surface area contributed by atoms with Crippen molar-refractivity contribution in [1.29, 1.82) is 0 Å². The molecule has 0 aromatic carbocycles. The summed E-state index contributed by atoms with van der Waals surface area (Å²) >= 11 is 0. The summed E-state index contributed by atoms with van der Waals surface area (Å²) in [4.78, 5) is 19.7. The zero-order valence-corrected chi connectivity index (χ0v) is 21.7. The molecule has 19 heteroatoms. The van der Waals surface area contributed by atoms with Gasteiger partial charge < -0.3 is 82.9 Å². The second-order valence-electron chi connectivity index (χ2n) is 9.89. The molecule has 0 bridgehead atoms. The summed E-state index contributed by atoms with van der Waals surface area (Å²) in [6.07, 6.45) is -17.4. The SMILES string of the molecule is CN[C@@H]1[C@H](O[C@@H]2O[C@H](C)[C@@](O)(C=O)[C@H]2O[C@H]2[C@H](O)[C@H](O)[C@H](N=C(N)N)[C@@H](O)[C@@H]2N=C(N)N)O[C@@H](CO)[C@H](O)[C@H]1O. The molecule has 0 radical (unpaired) electrons. The molecule has 0 aromatic heterocycles. The fourth-order valence-corrected chi connectivity index (χ4v) is 5.08. The Bertz CT molecular complexity index is 940. The van der Waals surface area contributed by atoms with Crippen LogP contribution in [0.15, 0.2) is 9.98 Å². The van der Waals surface area contributed by atoms with Gasteiger partial charge in [-0.1, -0.05) is 0 Å². The molecule has 3 fully saturated rings. The van der Waals surface area contributed by atoms with Gasteiger partial charge >= 0.3 is 0 Å². The van der Waals surface area contributed by atoms with E-state index < -0.39 is 110 Å². The summed E-state index contributed by atoms with van der Waals surface area (Å²) in [6, 6.07) is -4.10. The minimum atomic E-state index is -2.42. The van der Waals surface area contributed by atoms with E-state index in [1.54, 1.807) is 0 Å². The van der Waals surface area contributed by atoms with E-state index in [1.807, 2.05) is 0 Å². The van der Waals surface area contributed by atoms with E-state index in [1.165, 1.54) is 14.0 Å². The molecule has 0 amide bonds. The lowest BCUT2D eigenvalue weighted by Gasteiger charge is -2.45. The highest BCUT2D eigenvalue weighted by atomic mass is 16.8. The molecule has 0 spiro atoms. The molecule has 0 unspecified atom stereocenters. The van der Waals surface area contributed by atoms with E-state index in [0.29, 0.717) is 0 Å². The number of hydrogen-bond acceptors (Lipinski definition) is 15. The molecular weight excluding hydrogens is 542 g/mol. The van der Waals surface area contributed by atoms with Crippen molar-refractivity contribution in [3.8, 4) is 0 Å². The van der Waals surface area contributed by atoms with Crippen LogP contribution in [-0.4, -0.2) is 159 Å². The molecule has 230 valence electrons. The number of hydrogen-bond donors (Lipinski definition) is 12. The van der Waals surface area contributed by atoms with E-state index >= 15 is 0 Å². The van der Waals surface area contributed by atoms with Gasteiger partial charge in [-0.3, -0.25) is 4.79 Å². The van der Waals surface area contributed by atoms with Crippen LogP contribution in [-0.2, 0) is 23.7 Å². The van der Waals surface area contributed by atoms with Crippen molar-refractivity contribution < 1.29 is 59.5 Å². The minimum Gasteiger partial charge on any atom is -0.394 e. The van der Waals surface area contributed by atoms with Gasteiger partial charge in [-0.25, -0.2) is 9.98 Å². The highest BCUT2D eigenvalue weighted by Crippen LogP contribution is 2.38. The van der Waals surface area contributed by atoms with Gasteiger partial charge in [0, 0.05) is 0 Å². The van der Waals surface area contributed by atoms with Crippen molar-refractivity contribution in [2.24, 2.45) is 32.9 Å². The quantitative estimate of drug-likeness (QED) is 0.0682. The Morgan fingerprint density at radius 3 is 2.02 bits per heavy atom. The first-order valence-electron chi connectivity index (χ1n) is 12.4. The Morgan fingerprint density at radius 2 is 1.50 bits per heavy atom.